The summed E-state index contributed by atoms with van der Waals surface area (Å²) in [5.74, 6) is 0.0909. The molecule has 0 unspecified atom stereocenters. The fourth-order valence-corrected chi connectivity index (χ4v) is 3.92. The van der Waals surface area contributed by atoms with E-state index in [0.29, 0.717) is 6.42 Å². The molecule has 0 aromatic heterocycles. The molecule has 0 saturated heterocycles. The minimum atomic E-state index is 0. The van der Waals surface area contributed by atoms with E-state index < -0.39 is 0 Å². The van der Waals surface area contributed by atoms with E-state index in [2.05, 4.69) is 13.8 Å². The van der Waals surface area contributed by atoms with Crippen LogP contribution in [0.2, 0.25) is 0 Å². The van der Waals surface area contributed by atoms with Gasteiger partial charge in [-0.05, 0) is 43.2 Å². The maximum Gasteiger partial charge on any atom is 2.00 e. The minimum absolute atomic E-state index is 0. The summed E-state index contributed by atoms with van der Waals surface area (Å²) in [4.78, 5) is 0. The molecule has 0 fully saturated rings. The topological polar surface area (TPSA) is 46.1 Å². The Balaban J connectivity index is 0.00000450. The molecule has 2 aromatic rings. The Bertz CT molecular complexity index is 665. The number of aryl methyl sites for hydroxylation is 2. The molecular formula is C27H38CaO2. The average molecular weight is 435 g/mol. The Kier molecular flexibility index (Phi) is 14.6. The third-order valence-corrected chi connectivity index (χ3v) is 5.77. The minimum Gasteiger partial charge on any atom is -0.872 e. The van der Waals surface area contributed by atoms with Crippen LogP contribution >= 0.6 is 0 Å². The summed E-state index contributed by atoms with van der Waals surface area (Å²) in [5, 5.41) is 24.7. The fraction of sp³-hybridized carbons (Fsp3) is 0.556. The van der Waals surface area contributed by atoms with E-state index in [4.69, 9.17) is 0 Å². The van der Waals surface area contributed by atoms with Gasteiger partial charge in [-0.2, -0.15) is 0 Å². The maximum absolute atomic E-state index is 12.4. The number of hydrogen-bond acceptors (Lipinski definition) is 2. The van der Waals surface area contributed by atoms with Crippen molar-refractivity contribution in [2.24, 2.45) is 0 Å². The van der Waals surface area contributed by atoms with Crippen molar-refractivity contribution >= 4 is 37.7 Å². The van der Waals surface area contributed by atoms with Crippen LogP contribution in [-0.4, -0.2) is 37.7 Å². The van der Waals surface area contributed by atoms with E-state index in [0.717, 1.165) is 36.8 Å². The summed E-state index contributed by atoms with van der Waals surface area (Å²) in [7, 11) is 0. The van der Waals surface area contributed by atoms with Crippen LogP contribution in [0.25, 0.3) is 0 Å². The van der Waals surface area contributed by atoms with Crippen molar-refractivity contribution < 1.29 is 10.2 Å². The molecule has 0 aliphatic heterocycles. The zero-order valence-electron chi connectivity index (χ0n) is 19.2. The zero-order chi connectivity index (χ0) is 20.9. The first kappa shape index (κ1) is 27.3. The number of hydrogen-bond donors (Lipinski definition) is 0. The third kappa shape index (κ3) is 10.1. The Morgan fingerprint density at radius 2 is 0.967 bits per heavy atom. The van der Waals surface area contributed by atoms with Gasteiger partial charge in [0.05, 0.1) is 0 Å². The molecule has 0 spiro atoms. The molecule has 2 rings (SSSR count). The molecule has 0 atom stereocenters. The second-order valence-corrected chi connectivity index (χ2v) is 8.39. The van der Waals surface area contributed by atoms with E-state index in [1.165, 1.54) is 62.5 Å². The Morgan fingerprint density at radius 3 is 1.37 bits per heavy atom. The van der Waals surface area contributed by atoms with Gasteiger partial charge in [-0.1, -0.05) is 113 Å². The van der Waals surface area contributed by atoms with Gasteiger partial charge in [0, 0.05) is 0 Å². The Morgan fingerprint density at radius 1 is 0.567 bits per heavy atom. The first-order valence-electron chi connectivity index (χ1n) is 11.7. The van der Waals surface area contributed by atoms with Crippen LogP contribution in [0.5, 0.6) is 11.5 Å². The summed E-state index contributed by atoms with van der Waals surface area (Å²) in [5.41, 5.74) is 3.95. The van der Waals surface area contributed by atoms with Gasteiger partial charge in [-0.25, -0.2) is 0 Å². The molecule has 0 bridgehead atoms. The summed E-state index contributed by atoms with van der Waals surface area (Å²) >= 11 is 0. The van der Waals surface area contributed by atoms with Crippen molar-refractivity contribution in [1.82, 2.24) is 0 Å². The number of unbranched alkanes of at least 4 members (excludes halogenated alkanes) is 8. The molecule has 0 aliphatic carbocycles. The van der Waals surface area contributed by atoms with Crippen LogP contribution in [0.3, 0.4) is 0 Å². The normalized spacial score (nSPS) is 10.7. The SMILES string of the molecule is CCCCCCCc1ccc([O-])c(Cc2cc(CCCCCCC)ccc2[O-])c1.[Ca+2]. The maximum atomic E-state index is 12.4. The van der Waals surface area contributed by atoms with Crippen molar-refractivity contribution in [1.29, 1.82) is 0 Å². The smallest absolute Gasteiger partial charge is 0.872 e. The largest absolute Gasteiger partial charge is 2.00 e. The molecule has 3 heteroatoms. The monoisotopic (exact) mass is 434 g/mol. The van der Waals surface area contributed by atoms with Crippen LogP contribution in [-0.2, 0) is 19.3 Å². The standard InChI is InChI=1S/C27H40O2.Ca/c1-3-5-7-9-11-13-22-15-17-26(28)24(19-22)21-25-20-23(16-18-27(25)29)14-12-10-8-6-4-2;/h15-20,28-29H,3-14,21H2,1-2H3;/q;+2/p-2. The first-order chi connectivity index (χ1) is 14.1. The first-order valence-corrected chi connectivity index (χ1v) is 11.7. The van der Waals surface area contributed by atoms with E-state index >= 15 is 0 Å². The van der Waals surface area contributed by atoms with Gasteiger partial charge in [0.25, 0.3) is 0 Å². The molecule has 2 aromatic carbocycles. The van der Waals surface area contributed by atoms with E-state index in [1.54, 1.807) is 12.1 Å². The number of benzene rings is 2. The van der Waals surface area contributed by atoms with Crippen molar-refractivity contribution in [3.8, 4) is 11.5 Å². The van der Waals surface area contributed by atoms with Crippen LogP contribution in [0.1, 0.15) is 100 Å². The molecule has 2 nitrogen and oxygen atoms in total. The predicted molar refractivity (Wildman–Crippen MR) is 125 cm³/mol. The predicted octanol–water partition coefficient (Wildman–Crippen LogP) is 6.07. The average Bonchev–Trinajstić information content (AvgIpc) is 2.72. The zero-order valence-corrected chi connectivity index (χ0v) is 21.4. The van der Waals surface area contributed by atoms with Crippen molar-refractivity contribution in [3.63, 3.8) is 0 Å². The summed E-state index contributed by atoms with van der Waals surface area (Å²) in [6.45, 7) is 4.45. The van der Waals surface area contributed by atoms with Gasteiger partial charge < -0.3 is 10.2 Å². The molecule has 30 heavy (non-hydrogen) atoms. The van der Waals surface area contributed by atoms with E-state index in [1.807, 2.05) is 24.3 Å². The summed E-state index contributed by atoms with van der Waals surface area (Å²) in [6.07, 6.45) is 15.0. The molecule has 0 radical (unpaired) electrons. The van der Waals surface area contributed by atoms with Gasteiger partial charge in [0.2, 0.25) is 0 Å². The Hall–Kier alpha value is -0.700. The molecule has 0 aliphatic rings. The van der Waals surface area contributed by atoms with Crippen LogP contribution < -0.4 is 10.2 Å². The van der Waals surface area contributed by atoms with Gasteiger partial charge in [0.1, 0.15) is 0 Å². The van der Waals surface area contributed by atoms with E-state index in [-0.39, 0.29) is 49.2 Å². The molecule has 0 N–H and O–H groups in total. The van der Waals surface area contributed by atoms with Gasteiger partial charge in [-0.15, -0.1) is 11.5 Å². The van der Waals surface area contributed by atoms with Crippen LogP contribution in [0, 0.1) is 0 Å². The van der Waals surface area contributed by atoms with Gasteiger partial charge in [-0.3, -0.25) is 0 Å². The van der Waals surface area contributed by atoms with Crippen molar-refractivity contribution in [2.45, 2.75) is 97.3 Å². The van der Waals surface area contributed by atoms with Crippen molar-refractivity contribution in [3.05, 3.63) is 58.7 Å². The molecular weight excluding hydrogens is 396 g/mol. The molecule has 0 amide bonds. The summed E-state index contributed by atoms with van der Waals surface area (Å²) < 4.78 is 0. The third-order valence-electron chi connectivity index (χ3n) is 5.77. The van der Waals surface area contributed by atoms with Gasteiger partial charge >= 0.3 is 37.7 Å². The molecule has 0 heterocycles. The van der Waals surface area contributed by atoms with E-state index in [9.17, 15) is 10.2 Å². The Labute approximate surface area is 214 Å². The second kappa shape index (κ2) is 16.0. The molecule has 0 saturated carbocycles. The van der Waals surface area contributed by atoms with Crippen LogP contribution in [0.15, 0.2) is 36.4 Å². The quantitative estimate of drug-likeness (QED) is 0.268. The van der Waals surface area contributed by atoms with Crippen LogP contribution in [0.4, 0.5) is 0 Å². The second-order valence-electron chi connectivity index (χ2n) is 8.39. The molecule has 160 valence electrons. The fourth-order valence-electron chi connectivity index (χ4n) is 3.92. The van der Waals surface area contributed by atoms with Crippen molar-refractivity contribution in [2.75, 3.05) is 0 Å². The van der Waals surface area contributed by atoms with Gasteiger partial charge in [0.15, 0.2) is 0 Å². The number of rotatable bonds is 14. The summed E-state index contributed by atoms with van der Waals surface area (Å²) in [6, 6.07) is 11.3.